The second-order valence-corrected chi connectivity index (χ2v) is 6.10. The smallest absolute Gasteiger partial charge is 0.314 e. The van der Waals surface area contributed by atoms with Crippen molar-refractivity contribution in [1.29, 1.82) is 0 Å². The van der Waals surface area contributed by atoms with Gasteiger partial charge in [-0.25, -0.2) is 0 Å². The molecule has 0 bridgehead atoms. The van der Waals surface area contributed by atoms with Crippen LogP contribution < -0.4 is 9.47 Å². The molecule has 6 heteroatoms. The van der Waals surface area contributed by atoms with E-state index in [1.807, 2.05) is 0 Å². The van der Waals surface area contributed by atoms with Gasteiger partial charge in [0, 0.05) is 11.1 Å². The standard InChI is InChI=1S/C21H20O6/c1-4-27-21(24)17(12-9-10-15(25-2)16(11-12)26-3)18-19(22)13-7-5-6-8-14(13)20(18)23/h5-11,17-18H,4H2,1-3H3. The number of rotatable bonds is 6. The Labute approximate surface area is 157 Å². The second kappa shape index (κ2) is 7.61. The summed E-state index contributed by atoms with van der Waals surface area (Å²) in [5.74, 6) is -2.69. The maximum atomic E-state index is 12.9. The molecule has 0 saturated carbocycles. The van der Waals surface area contributed by atoms with Crippen molar-refractivity contribution in [3.8, 4) is 11.5 Å². The summed E-state index contributed by atoms with van der Waals surface area (Å²) < 4.78 is 15.7. The lowest BCUT2D eigenvalue weighted by Crippen LogP contribution is -2.31. The van der Waals surface area contributed by atoms with Crippen molar-refractivity contribution in [2.45, 2.75) is 12.8 Å². The number of ketones is 2. The molecule has 0 heterocycles. The van der Waals surface area contributed by atoms with Crippen LogP contribution in [0.3, 0.4) is 0 Å². The highest BCUT2D eigenvalue weighted by molar-refractivity contribution is 6.28. The van der Waals surface area contributed by atoms with E-state index < -0.39 is 17.8 Å². The summed E-state index contributed by atoms with van der Waals surface area (Å²) in [6.07, 6.45) is 0. The van der Waals surface area contributed by atoms with Crippen LogP contribution in [0.15, 0.2) is 42.5 Å². The molecule has 2 aromatic carbocycles. The molecule has 1 aliphatic carbocycles. The van der Waals surface area contributed by atoms with Crippen molar-refractivity contribution in [1.82, 2.24) is 0 Å². The third-order valence-corrected chi connectivity index (χ3v) is 4.66. The molecule has 1 unspecified atom stereocenters. The lowest BCUT2D eigenvalue weighted by Gasteiger charge is -2.21. The SMILES string of the molecule is CCOC(=O)C(c1ccc(OC)c(OC)c1)C1C(=O)c2ccccc2C1=O. The molecule has 140 valence electrons. The molecule has 0 saturated heterocycles. The monoisotopic (exact) mass is 368 g/mol. The predicted octanol–water partition coefficient (Wildman–Crippen LogP) is 3.05. The Morgan fingerprint density at radius 2 is 1.56 bits per heavy atom. The Morgan fingerprint density at radius 1 is 0.963 bits per heavy atom. The van der Waals surface area contributed by atoms with Gasteiger partial charge < -0.3 is 14.2 Å². The zero-order chi connectivity index (χ0) is 19.6. The van der Waals surface area contributed by atoms with Gasteiger partial charge in [-0.2, -0.15) is 0 Å². The van der Waals surface area contributed by atoms with E-state index in [4.69, 9.17) is 14.2 Å². The van der Waals surface area contributed by atoms with Crippen LogP contribution in [-0.4, -0.2) is 38.4 Å². The Kier molecular flexibility index (Phi) is 5.26. The third-order valence-electron chi connectivity index (χ3n) is 4.66. The molecular weight excluding hydrogens is 348 g/mol. The van der Waals surface area contributed by atoms with E-state index in [2.05, 4.69) is 0 Å². The Balaban J connectivity index is 2.10. The van der Waals surface area contributed by atoms with Gasteiger partial charge in [0.15, 0.2) is 23.1 Å². The summed E-state index contributed by atoms with van der Waals surface area (Å²) in [6.45, 7) is 1.82. The molecule has 27 heavy (non-hydrogen) atoms. The van der Waals surface area contributed by atoms with Gasteiger partial charge in [-0.05, 0) is 24.6 Å². The van der Waals surface area contributed by atoms with E-state index in [1.54, 1.807) is 49.4 Å². The van der Waals surface area contributed by atoms with Crippen LogP contribution in [0.2, 0.25) is 0 Å². The van der Waals surface area contributed by atoms with Crippen LogP contribution >= 0.6 is 0 Å². The van der Waals surface area contributed by atoms with Gasteiger partial charge in [0.2, 0.25) is 0 Å². The topological polar surface area (TPSA) is 78.9 Å². The first-order valence-electron chi connectivity index (χ1n) is 8.59. The summed E-state index contributed by atoms with van der Waals surface area (Å²) in [5, 5.41) is 0. The Morgan fingerprint density at radius 3 is 2.07 bits per heavy atom. The van der Waals surface area contributed by atoms with Crippen LogP contribution in [0.4, 0.5) is 0 Å². The fraction of sp³-hybridized carbons (Fsp3) is 0.286. The molecule has 1 aliphatic rings. The van der Waals surface area contributed by atoms with Gasteiger partial charge >= 0.3 is 5.97 Å². The normalized spacial score (nSPS) is 14.6. The number of Topliss-reactive ketones (excluding diaryl/α,β-unsaturated/α-hetero) is 2. The zero-order valence-electron chi connectivity index (χ0n) is 15.4. The molecule has 0 fully saturated rings. The first-order chi connectivity index (χ1) is 13.0. The summed E-state index contributed by atoms with van der Waals surface area (Å²) in [7, 11) is 2.98. The maximum Gasteiger partial charge on any atom is 0.314 e. The maximum absolute atomic E-state index is 12.9. The third kappa shape index (κ3) is 3.18. The lowest BCUT2D eigenvalue weighted by atomic mass is 9.82. The lowest BCUT2D eigenvalue weighted by molar-refractivity contribution is -0.145. The van der Waals surface area contributed by atoms with E-state index in [0.29, 0.717) is 28.2 Å². The molecule has 3 rings (SSSR count). The van der Waals surface area contributed by atoms with Crippen molar-refractivity contribution in [2.24, 2.45) is 5.92 Å². The number of hydrogen-bond acceptors (Lipinski definition) is 6. The number of esters is 1. The van der Waals surface area contributed by atoms with Crippen molar-refractivity contribution in [2.75, 3.05) is 20.8 Å². The van der Waals surface area contributed by atoms with Crippen LogP contribution in [0.5, 0.6) is 11.5 Å². The van der Waals surface area contributed by atoms with Crippen LogP contribution in [-0.2, 0) is 9.53 Å². The van der Waals surface area contributed by atoms with Gasteiger partial charge in [0.25, 0.3) is 0 Å². The van der Waals surface area contributed by atoms with Crippen molar-refractivity contribution >= 4 is 17.5 Å². The molecule has 1 atom stereocenters. The Hall–Kier alpha value is -3.15. The van der Waals surface area contributed by atoms with Gasteiger partial charge in [-0.3, -0.25) is 14.4 Å². The number of fused-ring (bicyclic) bond motifs is 1. The van der Waals surface area contributed by atoms with Gasteiger partial charge in [0.05, 0.1) is 26.7 Å². The summed E-state index contributed by atoms with van der Waals surface area (Å²) in [6, 6.07) is 11.5. The number of ether oxygens (including phenoxy) is 3. The van der Waals surface area contributed by atoms with Crippen molar-refractivity contribution in [3.05, 3.63) is 59.2 Å². The quantitative estimate of drug-likeness (QED) is 0.576. The van der Waals surface area contributed by atoms with Crippen molar-refractivity contribution < 1.29 is 28.6 Å². The van der Waals surface area contributed by atoms with Gasteiger partial charge in [-0.1, -0.05) is 30.3 Å². The minimum absolute atomic E-state index is 0.144. The molecule has 0 amide bonds. The predicted molar refractivity (Wildman–Crippen MR) is 97.5 cm³/mol. The number of carbonyl (C=O) groups excluding carboxylic acids is 3. The minimum atomic E-state index is -1.15. The first kappa shape index (κ1) is 18.6. The van der Waals surface area contributed by atoms with E-state index in [0.717, 1.165) is 0 Å². The molecule has 0 radical (unpaired) electrons. The molecule has 0 aliphatic heterocycles. The highest BCUT2D eigenvalue weighted by Crippen LogP contribution is 2.40. The highest BCUT2D eigenvalue weighted by atomic mass is 16.5. The average Bonchev–Trinajstić information content (AvgIpc) is 2.94. The number of methoxy groups -OCH3 is 2. The number of benzene rings is 2. The summed E-state index contributed by atoms with van der Waals surface area (Å²) in [5.41, 5.74) is 1.13. The second-order valence-electron chi connectivity index (χ2n) is 6.10. The molecule has 0 aromatic heterocycles. The molecule has 2 aromatic rings. The van der Waals surface area contributed by atoms with E-state index >= 15 is 0 Å². The summed E-state index contributed by atoms with van der Waals surface area (Å²) in [4.78, 5) is 38.6. The van der Waals surface area contributed by atoms with E-state index in [-0.39, 0.29) is 18.2 Å². The first-order valence-corrected chi connectivity index (χ1v) is 8.59. The molecule has 0 spiro atoms. The summed E-state index contributed by atoms with van der Waals surface area (Å²) >= 11 is 0. The number of hydrogen-bond donors (Lipinski definition) is 0. The van der Waals surface area contributed by atoms with E-state index in [1.165, 1.54) is 14.2 Å². The van der Waals surface area contributed by atoms with Crippen LogP contribution in [0.25, 0.3) is 0 Å². The fourth-order valence-electron chi connectivity index (χ4n) is 3.41. The van der Waals surface area contributed by atoms with Gasteiger partial charge in [-0.15, -0.1) is 0 Å². The van der Waals surface area contributed by atoms with Crippen molar-refractivity contribution in [3.63, 3.8) is 0 Å². The Bertz CT molecular complexity index is 866. The zero-order valence-corrected chi connectivity index (χ0v) is 15.4. The van der Waals surface area contributed by atoms with E-state index in [9.17, 15) is 14.4 Å². The number of carbonyl (C=O) groups is 3. The largest absolute Gasteiger partial charge is 0.493 e. The van der Waals surface area contributed by atoms with Gasteiger partial charge in [0.1, 0.15) is 5.92 Å². The fourth-order valence-corrected chi connectivity index (χ4v) is 3.41. The molecular formula is C21H20O6. The average molecular weight is 368 g/mol. The van der Waals surface area contributed by atoms with Crippen LogP contribution in [0.1, 0.15) is 39.1 Å². The highest BCUT2D eigenvalue weighted by Gasteiger charge is 2.47. The van der Waals surface area contributed by atoms with Crippen LogP contribution in [0, 0.1) is 5.92 Å². The minimum Gasteiger partial charge on any atom is -0.493 e. The molecule has 0 N–H and O–H groups in total. The molecule has 6 nitrogen and oxygen atoms in total.